The van der Waals surface area contributed by atoms with E-state index in [9.17, 15) is 9.59 Å². The van der Waals surface area contributed by atoms with Crippen LogP contribution in [0.3, 0.4) is 0 Å². The highest BCUT2D eigenvalue weighted by molar-refractivity contribution is 6.42. The Morgan fingerprint density at radius 3 is 2.19 bits per heavy atom. The number of aromatic nitrogens is 1. The third-order valence-electron chi connectivity index (χ3n) is 6.28. The second-order valence-corrected chi connectivity index (χ2v) is 9.07. The highest BCUT2D eigenvalue weighted by Crippen LogP contribution is 2.31. The van der Waals surface area contributed by atoms with E-state index < -0.39 is 0 Å². The van der Waals surface area contributed by atoms with Gasteiger partial charge in [-0.15, -0.1) is 0 Å². The van der Waals surface area contributed by atoms with E-state index in [2.05, 4.69) is 4.90 Å². The molecule has 9 heteroatoms. The molecule has 32 heavy (non-hydrogen) atoms. The molecule has 7 nitrogen and oxygen atoms in total. The van der Waals surface area contributed by atoms with Crippen molar-refractivity contribution in [3.63, 3.8) is 0 Å². The lowest BCUT2D eigenvalue weighted by Gasteiger charge is -2.26. The molecule has 2 amide bonds. The largest absolute Gasteiger partial charge is 0.419 e. The summed E-state index contributed by atoms with van der Waals surface area (Å²) in [4.78, 5) is 31.4. The van der Waals surface area contributed by atoms with Crippen LogP contribution in [0.5, 0.6) is 0 Å². The van der Waals surface area contributed by atoms with Gasteiger partial charge in [-0.2, -0.15) is 0 Å². The van der Waals surface area contributed by atoms with E-state index in [1.165, 1.54) is 19.3 Å². The number of oxazole rings is 1. The predicted molar refractivity (Wildman–Crippen MR) is 127 cm³/mol. The minimum atomic E-state index is -0.362. The van der Waals surface area contributed by atoms with Gasteiger partial charge < -0.3 is 9.32 Å². The number of urea groups is 1. The number of piperidine rings is 1. The molecule has 2 aliphatic heterocycles. The molecule has 2 saturated heterocycles. The summed E-state index contributed by atoms with van der Waals surface area (Å²) in [5.41, 5.74) is 2.68. The Morgan fingerprint density at radius 1 is 0.781 bits per heavy atom. The Kier molecular flexibility index (Phi) is 5.88. The van der Waals surface area contributed by atoms with Crippen LogP contribution in [-0.4, -0.2) is 48.2 Å². The number of hydrogen-bond donors (Lipinski definition) is 0. The fraction of sp³-hybridized carbons (Fsp3) is 0.391. The van der Waals surface area contributed by atoms with Crippen molar-refractivity contribution in [1.82, 2.24) is 9.47 Å². The zero-order valence-corrected chi connectivity index (χ0v) is 19.1. The normalized spacial score (nSPS) is 17.6. The first kappa shape index (κ1) is 21.4. The molecular formula is C23H24Cl2N4O3. The van der Waals surface area contributed by atoms with Gasteiger partial charge in [-0.3, -0.25) is 14.4 Å². The first-order chi connectivity index (χ1) is 15.5. The summed E-state index contributed by atoms with van der Waals surface area (Å²) in [6.45, 7) is 4.58. The van der Waals surface area contributed by atoms with Gasteiger partial charge in [0, 0.05) is 37.6 Å². The van der Waals surface area contributed by atoms with Gasteiger partial charge in [-0.05, 0) is 62.3 Å². The Balaban J connectivity index is 1.39. The summed E-state index contributed by atoms with van der Waals surface area (Å²) >= 11 is 12.1. The van der Waals surface area contributed by atoms with Gasteiger partial charge in [0.2, 0.25) is 0 Å². The van der Waals surface area contributed by atoms with Gasteiger partial charge >= 0.3 is 11.8 Å². The maximum Gasteiger partial charge on any atom is 0.419 e. The van der Waals surface area contributed by atoms with Crippen molar-refractivity contribution in [3.05, 3.63) is 57.0 Å². The molecule has 0 bridgehead atoms. The van der Waals surface area contributed by atoms with Crippen molar-refractivity contribution in [2.75, 3.05) is 42.5 Å². The van der Waals surface area contributed by atoms with Gasteiger partial charge in [0.15, 0.2) is 5.58 Å². The summed E-state index contributed by atoms with van der Waals surface area (Å²) in [6.07, 6.45) is 3.69. The number of fused-ring (bicyclic) bond motifs is 1. The summed E-state index contributed by atoms with van der Waals surface area (Å²) in [6, 6.07) is 10.5. The third-order valence-corrected chi connectivity index (χ3v) is 7.01. The maximum absolute atomic E-state index is 13.1. The van der Waals surface area contributed by atoms with Crippen molar-refractivity contribution in [2.45, 2.75) is 25.8 Å². The molecule has 0 N–H and O–H groups in total. The van der Waals surface area contributed by atoms with Crippen LogP contribution in [0.1, 0.15) is 19.3 Å². The predicted octanol–water partition coefficient (Wildman–Crippen LogP) is 4.83. The Hall–Kier alpha value is -2.48. The average molecular weight is 475 g/mol. The minimum absolute atomic E-state index is 0.145. The number of benzene rings is 2. The van der Waals surface area contributed by atoms with Gasteiger partial charge in [-0.25, -0.2) is 9.59 Å². The Bertz CT molecular complexity index is 1220. The molecule has 0 aliphatic carbocycles. The fourth-order valence-corrected chi connectivity index (χ4v) is 4.82. The summed E-state index contributed by atoms with van der Waals surface area (Å²) in [5, 5.41) is 0.861. The Morgan fingerprint density at radius 2 is 1.47 bits per heavy atom. The molecule has 3 heterocycles. The Labute approximate surface area is 195 Å². The van der Waals surface area contributed by atoms with E-state index in [1.807, 2.05) is 12.1 Å². The first-order valence-corrected chi connectivity index (χ1v) is 11.7. The van der Waals surface area contributed by atoms with Crippen LogP contribution in [0.4, 0.5) is 16.2 Å². The standard InChI is InChI=1S/C23H24Cl2N4O3/c24-18-6-4-16(14-19(18)25)27-12-13-28(22(27)30)17-5-7-21-20(15-17)29(23(31)32-21)11-10-26-8-2-1-3-9-26/h4-7,14-15H,1-3,8-13H2. The SMILES string of the molecule is O=C1N(c2ccc(Cl)c(Cl)c2)CCN1c1ccc2oc(=O)n(CCN3CCCCC3)c2c1. The third kappa shape index (κ3) is 4.00. The van der Waals surface area contributed by atoms with Crippen molar-refractivity contribution in [3.8, 4) is 0 Å². The molecule has 2 aliphatic rings. The number of amides is 2. The second kappa shape index (κ2) is 8.81. The van der Waals surface area contributed by atoms with Crippen LogP contribution >= 0.6 is 23.2 Å². The number of rotatable bonds is 5. The summed E-state index contributed by atoms with van der Waals surface area (Å²) < 4.78 is 7.12. The number of nitrogens with zero attached hydrogens (tertiary/aromatic N) is 4. The lowest BCUT2D eigenvalue weighted by Crippen LogP contribution is -2.34. The van der Waals surface area contributed by atoms with Gasteiger partial charge in [0.25, 0.3) is 0 Å². The molecule has 2 aromatic carbocycles. The number of anilines is 2. The van der Waals surface area contributed by atoms with Crippen LogP contribution in [-0.2, 0) is 6.54 Å². The molecule has 0 atom stereocenters. The fourth-order valence-electron chi connectivity index (χ4n) is 4.52. The second-order valence-electron chi connectivity index (χ2n) is 8.26. The topological polar surface area (TPSA) is 61.9 Å². The highest BCUT2D eigenvalue weighted by Gasteiger charge is 2.31. The van der Waals surface area contributed by atoms with Crippen molar-refractivity contribution in [1.29, 1.82) is 0 Å². The average Bonchev–Trinajstić information content (AvgIpc) is 3.33. The van der Waals surface area contributed by atoms with Crippen LogP contribution in [0.25, 0.3) is 11.1 Å². The number of carbonyl (C=O) groups excluding carboxylic acids is 1. The number of hydrogen-bond acceptors (Lipinski definition) is 4. The molecule has 0 saturated carbocycles. The van der Waals surface area contributed by atoms with E-state index >= 15 is 0 Å². The summed E-state index contributed by atoms with van der Waals surface area (Å²) in [5.74, 6) is -0.362. The van der Waals surface area contributed by atoms with Gasteiger partial charge in [0.1, 0.15) is 0 Å². The number of halogens is 2. The van der Waals surface area contributed by atoms with E-state index in [1.54, 1.807) is 38.6 Å². The van der Waals surface area contributed by atoms with Crippen molar-refractivity contribution >= 4 is 51.7 Å². The maximum atomic E-state index is 13.1. The quantitative estimate of drug-likeness (QED) is 0.530. The molecule has 2 fully saturated rings. The van der Waals surface area contributed by atoms with Crippen LogP contribution < -0.4 is 15.6 Å². The lowest BCUT2D eigenvalue weighted by atomic mass is 10.1. The van der Waals surface area contributed by atoms with Crippen LogP contribution in [0, 0.1) is 0 Å². The van der Waals surface area contributed by atoms with E-state index in [-0.39, 0.29) is 11.8 Å². The van der Waals surface area contributed by atoms with Gasteiger partial charge in [0.05, 0.1) is 15.6 Å². The monoisotopic (exact) mass is 474 g/mol. The van der Waals surface area contributed by atoms with Crippen LogP contribution in [0.15, 0.2) is 45.6 Å². The smallest absolute Gasteiger partial charge is 0.408 e. The summed E-state index contributed by atoms with van der Waals surface area (Å²) in [7, 11) is 0. The van der Waals surface area contributed by atoms with E-state index in [4.69, 9.17) is 27.6 Å². The molecule has 0 unspecified atom stereocenters. The zero-order chi connectivity index (χ0) is 22.2. The molecule has 3 aromatic rings. The zero-order valence-electron chi connectivity index (χ0n) is 17.6. The first-order valence-electron chi connectivity index (χ1n) is 10.9. The van der Waals surface area contributed by atoms with Crippen molar-refractivity contribution < 1.29 is 9.21 Å². The van der Waals surface area contributed by atoms with E-state index in [0.717, 1.165) is 25.3 Å². The molecule has 168 valence electrons. The van der Waals surface area contributed by atoms with Crippen LogP contribution in [0.2, 0.25) is 10.0 Å². The molecule has 5 rings (SSSR count). The minimum Gasteiger partial charge on any atom is -0.408 e. The highest BCUT2D eigenvalue weighted by atomic mass is 35.5. The molecule has 0 spiro atoms. The molecule has 1 aromatic heterocycles. The van der Waals surface area contributed by atoms with E-state index in [0.29, 0.717) is 46.5 Å². The lowest BCUT2D eigenvalue weighted by molar-refractivity contribution is 0.219. The molecule has 0 radical (unpaired) electrons. The van der Waals surface area contributed by atoms with Crippen molar-refractivity contribution in [2.24, 2.45) is 0 Å². The number of likely N-dealkylation sites (tertiary alicyclic amines) is 1. The number of carbonyl (C=O) groups is 1. The molecular weight excluding hydrogens is 451 g/mol. The van der Waals surface area contributed by atoms with Gasteiger partial charge in [-0.1, -0.05) is 29.6 Å².